The SMILES string of the molecule is c1ccc(-c2ccc(-c3ccc(I(c4ccc(-c5ccc6c(c5)sc5c6c6ccccc6n5-c5ccccc5)cc4)c4cccc5c4oc4ccccc45)cc3)cc2)cc1. The summed E-state index contributed by atoms with van der Waals surface area (Å²) >= 11 is -0.370. The molecule has 2 nitrogen and oxygen atoms in total. The minimum absolute atomic E-state index is 0.936. The van der Waals surface area contributed by atoms with Crippen molar-refractivity contribution in [1.29, 1.82) is 0 Å². The van der Waals surface area contributed by atoms with Crippen molar-refractivity contribution in [1.82, 2.24) is 4.57 Å². The van der Waals surface area contributed by atoms with Crippen LogP contribution in [0.1, 0.15) is 0 Å². The van der Waals surface area contributed by atoms with E-state index in [1.165, 1.54) is 91.8 Å². The molecule has 0 bridgehead atoms. The van der Waals surface area contributed by atoms with Gasteiger partial charge in [0, 0.05) is 0 Å². The number of benzene rings is 9. The molecule has 0 aliphatic rings. The van der Waals surface area contributed by atoms with Gasteiger partial charge in [-0.05, 0) is 0 Å². The zero-order valence-electron chi connectivity index (χ0n) is 32.4. The molecule has 0 spiro atoms. The van der Waals surface area contributed by atoms with Crippen molar-refractivity contribution >= 4 is 84.3 Å². The molecule has 0 amide bonds. The van der Waals surface area contributed by atoms with Crippen LogP contribution in [0.5, 0.6) is 0 Å². The van der Waals surface area contributed by atoms with E-state index in [1.54, 1.807) is 0 Å². The van der Waals surface area contributed by atoms with Crippen molar-refractivity contribution in [2.45, 2.75) is 0 Å². The summed E-state index contributed by atoms with van der Waals surface area (Å²) in [5, 5.41) is 6.29. The molecule has 0 N–H and O–H groups in total. The third-order valence-corrected chi connectivity index (χ3v) is 18.7. The number of aromatic nitrogens is 1. The molecule has 12 rings (SSSR count). The van der Waals surface area contributed by atoms with E-state index in [4.69, 9.17) is 4.42 Å². The maximum atomic E-state index is 6.70. The number of rotatable bonds is 7. The Kier molecular flexibility index (Phi) is 8.53. The Morgan fingerprint density at radius 3 is 1.63 bits per heavy atom. The van der Waals surface area contributed by atoms with E-state index in [9.17, 15) is 0 Å². The third-order valence-electron chi connectivity index (χ3n) is 11.6. The van der Waals surface area contributed by atoms with Crippen LogP contribution >= 0.6 is 31.2 Å². The van der Waals surface area contributed by atoms with E-state index in [-0.39, 0.29) is 0 Å². The van der Waals surface area contributed by atoms with Gasteiger partial charge in [0.1, 0.15) is 0 Å². The zero-order chi connectivity index (χ0) is 39.6. The van der Waals surface area contributed by atoms with Crippen LogP contribution in [-0.4, -0.2) is 4.57 Å². The van der Waals surface area contributed by atoms with Gasteiger partial charge >= 0.3 is 337 Å². The molecule has 0 saturated carbocycles. The van der Waals surface area contributed by atoms with Crippen LogP contribution in [-0.2, 0) is 0 Å². The third kappa shape index (κ3) is 5.89. The van der Waals surface area contributed by atoms with Crippen molar-refractivity contribution in [2.24, 2.45) is 0 Å². The Bertz CT molecular complexity index is 3510. The molecule has 0 unspecified atom stereocenters. The standard InChI is InChI=1S/C56H36INOS/c1-3-12-37(13-4-1)38-22-24-39(25-23-38)40-26-31-43(32-27-40)57(50-19-11-18-47-46-16-8-10-21-52(46)59-55(47)50)44-33-28-41(29-34-44)42-30-35-49-53(36-42)60-56-54(49)48-17-7-9-20-51(48)58(56)45-14-5-2-6-15-45/h1-36H. The van der Waals surface area contributed by atoms with Gasteiger partial charge in [0.2, 0.25) is 0 Å². The first kappa shape index (κ1) is 35.2. The second-order valence-corrected chi connectivity index (χ2v) is 21.4. The monoisotopic (exact) mass is 897 g/mol. The van der Waals surface area contributed by atoms with E-state index >= 15 is 0 Å². The van der Waals surface area contributed by atoms with Gasteiger partial charge in [-0.1, -0.05) is 24.3 Å². The average Bonchev–Trinajstić information content (AvgIpc) is 3.99. The van der Waals surface area contributed by atoms with E-state index in [0.717, 1.165) is 11.2 Å². The summed E-state index contributed by atoms with van der Waals surface area (Å²) < 4.78 is 14.5. The number of thiophene rings is 1. The molecule has 3 heterocycles. The molecule has 0 atom stereocenters. The first-order valence-electron chi connectivity index (χ1n) is 20.2. The first-order valence-corrected chi connectivity index (χ1v) is 24.3. The second kappa shape index (κ2) is 14.5. The number of hydrogen-bond acceptors (Lipinski definition) is 2. The average molecular weight is 898 g/mol. The van der Waals surface area contributed by atoms with Crippen LogP contribution in [0.4, 0.5) is 0 Å². The normalized spacial score (nSPS) is 12.0. The molecule has 0 aliphatic heterocycles. The molecule has 0 radical (unpaired) electrons. The van der Waals surface area contributed by atoms with Crippen LogP contribution in [0.3, 0.4) is 0 Å². The van der Waals surface area contributed by atoms with Gasteiger partial charge in [-0.3, -0.25) is 0 Å². The van der Waals surface area contributed by atoms with E-state index in [1.807, 2.05) is 11.3 Å². The molecule has 4 heteroatoms. The number of para-hydroxylation sites is 4. The first-order chi connectivity index (χ1) is 29.7. The van der Waals surface area contributed by atoms with Crippen molar-refractivity contribution in [2.75, 3.05) is 0 Å². The zero-order valence-corrected chi connectivity index (χ0v) is 35.4. The summed E-state index contributed by atoms with van der Waals surface area (Å²) in [5.74, 6) is 0. The van der Waals surface area contributed by atoms with Gasteiger partial charge in [-0.2, -0.15) is 0 Å². The summed E-state index contributed by atoms with van der Waals surface area (Å²) in [6.45, 7) is 0. The summed E-state index contributed by atoms with van der Waals surface area (Å²) in [6, 6.07) is 79.9. The van der Waals surface area contributed by atoms with Gasteiger partial charge in [0.15, 0.2) is 0 Å². The fourth-order valence-corrected chi connectivity index (χ4v) is 15.7. The Morgan fingerprint density at radius 1 is 0.400 bits per heavy atom. The molecule has 0 saturated heterocycles. The van der Waals surface area contributed by atoms with E-state index in [2.05, 4.69) is 223 Å². The molecule has 12 aromatic rings. The summed E-state index contributed by atoms with van der Waals surface area (Å²) in [7, 11) is 0. The Morgan fingerprint density at radius 2 is 0.933 bits per heavy atom. The molecular weight excluding hydrogens is 862 g/mol. The molecule has 3 aromatic heterocycles. The van der Waals surface area contributed by atoms with Crippen LogP contribution in [0.25, 0.3) is 92.2 Å². The van der Waals surface area contributed by atoms with Crippen molar-refractivity contribution in [3.8, 4) is 39.1 Å². The molecular formula is C56H36INOS. The fraction of sp³-hybridized carbons (Fsp3) is 0. The summed E-state index contributed by atoms with van der Waals surface area (Å²) in [4.78, 5) is 1.29. The van der Waals surface area contributed by atoms with Crippen LogP contribution < -0.4 is 0 Å². The topological polar surface area (TPSA) is 18.1 Å². The fourth-order valence-electron chi connectivity index (χ4n) is 8.75. The summed E-state index contributed by atoms with van der Waals surface area (Å²) in [6.07, 6.45) is 0. The van der Waals surface area contributed by atoms with Gasteiger partial charge < -0.3 is 0 Å². The number of hydrogen-bond donors (Lipinski definition) is 0. The number of fused-ring (bicyclic) bond motifs is 8. The van der Waals surface area contributed by atoms with E-state index in [0.29, 0.717) is 0 Å². The van der Waals surface area contributed by atoms with Gasteiger partial charge in [0.25, 0.3) is 0 Å². The van der Waals surface area contributed by atoms with Crippen LogP contribution in [0.15, 0.2) is 223 Å². The van der Waals surface area contributed by atoms with Crippen LogP contribution in [0.2, 0.25) is 0 Å². The number of halogens is 1. The Balaban J connectivity index is 0.937. The predicted octanol–water partition coefficient (Wildman–Crippen LogP) is 16.3. The maximum absolute atomic E-state index is 6.70. The number of nitrogens with zero attached hydrogens (tertiary/aromatic N) is 1. The van der Waals surface area contributed by atoms with Crippen molar-refractivity contribution in [3.63, 3.8) is 0 Å². The van der Waals surface area contributed by atoms with Gasteiger partial charge in [-0.15, -0.1) is 0 Å². The predicted molar refractivity (Wildman–Crippen MR) is 263 cm³/mol. The van der Waals surface area contributed by atoms with Crippen LogP contribution in [0, 0.1) is 10.7 Å². The van der Waals surface area contributed by atoms with Gasteiger partial charge in [0.05, 0.1) is 0 Å². The van der Waals surface area contributed by atoms with Crippen molar-refractivity contribution in [3.05, 3.63) is 229 Å². The summed E-state index contributed by atoms with van der Waals surface area (Å²) in [5.41, 5.74) is 11.7. The molecule has 0 aliphatic carbocycles. The molecule has 0 fully saturated rings. The van der Waals surface area contributed by atoms with E-state index < -0.39 is 19.8 Å². The minimum atomic E-state index is -2.25. The second-order valence-electron chi connectivity index (χ2n) is 15.1. The Labute approximate surface area is 359 Å². The van der Waals surface area contributed by atoms with Gasteiger partial charge in [-0.25, -0.2) is 0 Å². The van der Waals surface area contributed by atoms with Crippen molar-refractivity contribution < 1.29 is 4.42 Å². The quantitative estimate of drug-likeness (QED) is 0.146. The molecule has 9 aromatic carbocycles. The molecule has 60 heavy (non-hydrogen) atoms. The Hall–Kier alpha value is -6.73. The molecule has 284 valence electrons. The number of furan rings is 1.